The Morgan fingerprint density at radius 2 is 2.00 bits per heavy atom. The number of hydrogen-bond donors (Lipinski definition) is 0. The van der Waals surface area contributed by atoms with Crippen molar-refractivity contribution >= 4 is 5.78 Å². The number of carbonyl (C=O) groups excluding carboxylic acids is 1. The first-order chi connectivity index (χ1) is 7.33. The van der Waals surface area contributed by atoms with E-state index in [1.54, 1.807) is 0 Å². The summed E-state index contributed by atoms with van der Waals surface area (Å²) >= 11 is 0. The average molecular weight is 202 g/mol. The van der Waals surface area contributed by atoms with Crippen LogP contribution in [0.5, 0.6) is 0 Å². The lowest BCUT2D eigenvalue weighted by molar-refractivity contribution is -0.126. The van der Waals surface area contributed by atoms with Crippen LogP contribution in [0.25, 0.3) is 0 Å². The Kier molecular flexibility index (Phi) is 3.20. The molecule has 0 spiro atoms. The van der Waals surface area contributed by atoms with E-state index in [0.29, 0.717) is 11.7 Å². The maximum atomic E-state index is 12.2. The van der Waals surface area contributed by atoms with E-state index in [4.69, 9.17) is 0 Å². The summed E-state index contributed by atoms with van der Waals surface area (Å²) in [6.07, 6.45) is 4.39. The molecule has 0 saturated heterocycles. The monoisotopic (exact) mass is 202 g/mol. The van der Waals surface area contributed by atoms with Crippen LogP contribution in [0, 0.1) is 5.92 Å². The molecule has 0 radical (unpaired) electrons. The highest BCUT2D eigenvalue weighted by molar-refractivity contribution is 5.88. The van der Waals surface area contributed by atoms with E-state index in [1.807, 2.05) is 18.2 Å². The fourth-order valence-corrected chi connectivity index (χ4v) is 2.26. The van der Waals surface area contributed by atoms with E-state index in [1.165, 1.54) is 12.0 Å². The maximum absolute atomic E-state index is 12.2. The Hall–Kier alpha value is -1.11. The van der Waals surface area contributed by atoms with Crippen LogP contribution in [0.15, 0.2) is 30.3 Å². The lowest BCUT2D eigenvalue weighted by atomic mass is 9.75. The molecule has 0 amide bonds. The maximum Gasteiger partial charge on any atom is 0.143 e. The third kappa shape index (κ3) is 2.11. The Morgan fingerprint density at radius 1 is 1.33 bits per heavy atom. The van der Waals surface area contributed by atoms with E-state index in [9.17, 15) is 4.79 Å². The highest BCUT2D eigenvalue weighted by Crippen LogP contribution is 2.34. The molecule has 1 aromatic rings. The molecule has 1 unspecified atom stereocenters. The molecular weight excluding hydrogens is 184 g/mol. The van der Waals surface area contributed by atoms with Crippen molar-refractivity contribution in [3.63, 3.8) is 0 Å². The van der Waals surface area contributed by atoms with E-state index < -0.39 is 0 Å². The van der Waals surface area contributed by atoms with Gasteiger partial charge in [-0.15, -0.1) is 0 Å². The van der Waals surface area contributed by atoms with Crippen LogP contribution < -0.4 is 0 Å². The Labute approximate surface area is 91.5 Å². The molecule has 1 fully saturated rings. The first-order valence-electron chi connectivity index (χ1n) is 5.91. The minimum absolute atomic E-state index is 0.136. The second-order valence-electron chi connectivity index (χ2n) is 4.40. The van der Waals surface area contributed by atoms with Gasteiger partial charge in [0.05, 0.1) is 0 Å². The van der Waals surface area contributed by atoms with Gasteiger partial charge in [-0.3, -0.25) is 4.79 Å². The normalized spacial score (nSPS) is 18.2. The molecule has 1 nitrogen and oxygen atoms in total. The van der Waals surface area contributed by atoms with Crippen molar-refractivity contribution < 1.29 is 4.79 Å². The van der Waals surface area contributed by atoms with Gasteiger partial charge in [-0.25, -0.2) is 0 Å². The topological polar surface area (TPSA) is 17.1 Å². The molecule has 0 bridgehead atoms. The number of rotatable bonds is 4. The summed E-state index contributed by atoms with van der Waals surface area (Å²) in [5.74, 6) is 0.960. The molecule has 1 aromatic carbocycles. The molecule has 80 valence electrons. The van der Waals surface area contributed by atoms with Crippen LogP contribution in [0.4, 0.5) is 0 Å². The number of Topliss-reactive ketones (excluding diaryl/α,β-unsaturated/α-hetero) is 1. The smallest absolute Gasteiger partial charge is 0.143 e. The number of hydrogen-bond acceptors (Lipinski definition) is 1. The van der Waals surface area contributed by atoms with Gasteiger partial charge < -0.3 is 0 Å². The van der Waals surface area contributed by atoms with Crippen LogP contribution in [-0.4, -0.2) is 5.78 Å². The molecule has 0 N–H and O–H groups in total. The zero-order chi connectivity index (χ0) is 10.7. The minimum atomic E-state index is 0.136. The van der Waals surface area contributed by atoms with Crippen LogP contribution in [0.3, 0.4) is 0 Å². The molecule has 0 aliphatic heterocycles. The van der Waals surface area contributed by atoms with Crippen molar-refractivity contribution in [2.45, 2.75) is 38.5 Å². The van der Waals surface area contributed by atoms with Crippen molar-refractivity contribution in [3.8, 4) is 0 Å². The van der Waals surface area contributed by atoms with Crippen molar-refractivity contribution in [1.82, 2.24) is 0 Å². The summed E-state index contributed by atoms with van der Waals surface area (Å²) in [5.41, 5.74) is 1.19. The van der Waals surface area contributed by atoms with E-state index >= 15 is 0 Å². The fourth-order valence-electron chi connectivity index (χ4n) is 2.26. The van der Waals surface area contributed by atoms with Gasteiger partial charge in [0.25, 0.3) is 0 Å². The Balaban J connectivity index is 2.13. The van der Waals surface area contributed by atoms with Gasteiger partial charge in [-0.05, 0) is 24.8 Å². The summed E-state index contributed by atoms with van der Waals surface area (Å²) in [7, 11) is 0. The van der Waals surface area contributed by atoms with Crippen LogP contribution in [-0.2, 0) is 4.79 Å². The molecular formula is C14H18O. The average Bonchev–Trinajstić information content (AvgIpc) is 2.18. The Morgan fingerprint density at radius 3 is 2.47 bits per heavy atom. The van der Waals surface area contributed by atoms with Crippen molar-refractivity contribution in [2.75, 3.05) is 0 Å². The number of benzene rings is 1. The van der Waals surface area contributed by atoms with E-state index in [0.717, 1.165) is 19.3 Å². The molecule has 15 heavy (non-hydrogen) atoms. The second kappa shape index (κ2) is 4.61. The quantitative estimate of drug-likeness (QED) is 0.729. The molecule has 2 rings (SSSR count). The fraction of sp³-hybridized carbons (Fsp3) is 0.500. The molecule has 1 atom stereocenters. The van der Waals surface area contributed by atoms with Gasteiger partial charge in [0, 0.05) is 11.8 Å². The van der Waals surface area contributed by atoms with E-state index in [2.05, 4.69) is 19.1 Å². The summed E-state index contributed by atoms with van der Waals surface area (Å²) in [6, 6.07) is 10.2. The van der Waals surface area contributed by atoms with Gasteiger partial charge in [-0.2, -0.15) is 0 Å². The second-order valence-corrected chi connectivity index (χ2v) is 4.40. The first kappa shape index (κ1) is 10.4. The predicted octanol–water partition coefficient (Wildman–Crippen LogP) is 3.55. The third-order valence-electron chi connectivity index (χ3n) is 3.46. The van der Waals surface area contributed by atoms with E-state index in [-0.39, 0.29) is 5.92 Å². The van der Waals surface area contributed by atoms with Crippen molar-refractivity contribution in [1.29, 1.82) is 0 Å². The summed E-state index contributed by atoms with van der Waals surface area (Å²) in [4.78, 5) is 12.2. The Bertz CT molecular complexity index is 324. The lowest BCUT2D eigenvalue weighted by Crippen LogP contribution is -2.27. The van der Waals surface area contributed by atoms with Gasteiger partial charge in [0.15, 0.2) is 0 Å². The highest BCUT2D eigenvalue weighted by Gasteiger charge is 2.30. The molecule has 0 heterocycles. The first-order valence-corrected chi connectivity index (χ1v) is 5.91. The summed E-state index contributed by atoms with van der Waals surface area (Å²) in [6.45, 7) is 2.11. The highest BCUT2D eigenvalue weighted by atomic mass is 16.1. The number of ketones is 1. The third-order valence-corrected chi connectivity index (χ3v) is 3.46. The van der Waals surface area contributed by atoms with Crippen molar-refractivity contribution in [3.05, 3.63) is 35.9 Å². The summed E-state index contributed by atoms with van der Waals surface area (Å²) < 4.78 is 0. The van der Waals surface area contributed by atoms with Crippen LogP contribution in [0.2, 0.25) is 0 Å². The minimum Gasteiger partial charge on any atom is -0.299 e. The zero-order valence-electron chi connectivity index (χ0n) is 9.28. The molecule has 1 aliphatic carbocycles. The lowest BCUT2D eigenvalue weighted by Gasteiger charge is -2.28. The SMILES string of the molecule is CCC(C(=O)C1CCC1)c1ccccc1. The standard InChI is InChI=1S/C14H18O/c1-2-13(11-7-4-3-5-8-11)14(15)12-9-6-10-12/h3-5,7-8,12-13H,2,6,9-10H2,1H3. The predicted molar refractivity (Wildman–Crippen MR) is 61.8 cm³/mol. The zero-order valence-corrected chi connectivity index (χ0v) is 9.28. The largest absolute Gasteiger partial charge is 0.299 e. The molecule has 0 aromatic heterocycles. The van der Waals surface area contributed by atoms with Crippen LogP contribution in [0.1, 0.15) is 44.1 Å². The van der Waals surface area contributed by atoms with Gasteiger partial charge in [0.1, 0.15) is 5.78 Å². The molecule has 1 heteroatoms. The number of carbonyl (C=O) groups is 1. The molecule has 1 saturated carbocycles. The molecule has 1 aliphatic rings. The van der Waals surface area contributed by atoms with Gasteiger partial charge >= 0.3 is 0 Å². The van der Waals surface area contributed by atoms with Crippen LogP contribution >= 0.6 is 0 Å². The summed E-state index contributed by atoms with van der Waals surface area (Å²) in [5, 5.41) is 0. The van der Waals surface area contributed by atoms with Crippen molar-refractivity contribution in [2.24, 2.45) is 5.92 Å². The van der Waals surface area contributed by atoms with Gasteiger partial charge in [0.2, 0.25) is 0 Å². The van der Waals surface area contributed by atoms with Gasteiger partial charge in [-0.1, -0.05) is 43.7 Å².